The van der Waals surface area contributed by atoms with E-state index in [0.717, 1.165) is 0 Å². The Morgan fingerprint density at radius 3 is 0.444 bits per heavy atom. The summed E-state index contributed by atoms with van der Waals surface area (Å²) in [4.78, 5) is 0. The van der Waals surface area contributed by atoms with Crippen molar-refractivity contribution in [1.82, 2.24) is 0 Å². The summed E-state index contributed by atoms with van der Waals surface area (Å²) in [5, 5.41) is 0. The van der Waals surface area contributed by atoms with E-state index in [-0.39, 0.29) is 202 Å². The number of rotatable bonds is 0. The fourth-order valence-electron chi connectivity index (χ4n) is 0. The second-order valence-corrected chi connectivity index (χ2v) is 0. The van der Waals surface area contributed by atoms with Crippen molar-refractivity contribution >= 4 is 52.4 Å². The van der Waals surface area contributed by atoms with Gasteiger partial charge in [0.2, 0.25) is 0 Å². The molecule has 0 aliphatic carbocycles. The van der Waals surface area contributed by atoms with Crippen LogP contribution in [-0.2, 0) is 68.8 Å². The van der Waals surface area contributed by atoms with Crippen LogP contribution in [0, 0.1) is 80.8 Å². The van der Waals surface area contributed by atoms with Crippen LogP contribution in [0.5, 0.6) is 0 Å². The summed E-state index contributed by atoms with van der Waals surface area (Å²) < 4.78 is 0. The first-order chi connectivity index (χ1) is 0. The van der Waals surface area contributed by atoms with Gasteiger partial charge in [0.25, 0.3) is 0 Å². The monoisotopic (exact) mass is 950 g/mol. The average Bonchev–Trinajstić information content (AvgIpc) is 0. The molecule has 0 aliphatic rings. The van der Waals surface area contributed by atoms with Crippen LogP contribution in [0.2, 0.25) is 0 Å². The first kappa shape index (κ1) is 80.8. The molecule has 0 N–H and O–H groups in total. The molecule has 0 aromatic heterocycles. The average molecular weight is 949 g/mol. The van der Waals surface area contributed by atoms with Gasteiger partial charge in [-0.15, -0.1) is 0 Å². The summed E-state index contributed by atoms with van der Waals surface area (Å²) in [5.74, 6) is 0. The predicted molar refractivity (Wildman–Crippen MR) is 13.6 cm³/mol. The molecule has 0 amide bonds. The van der Waals surface area contributed by atoms with E-state index in [1.54, 1.807) is 0 Å². The summed E-state index contributed by atoms with van der Waals surface area (Å²) in [6.45, 7) is 0. The van der Waals surface area contributed by atoms with Crippen molar-refractivity contribution in [2.75, 3.05) is 0 Å². The zero-order valence-corrected chi connectivity index (χ0v) is 21.0. The van der Waals surface area contributed by atoms with Crippen molar-refractivity contribution in [3.8, 4) is 0 Å². The fourth-order valence-corrected chi connectivity index (χ4v) is 0. The van der Waals surface area contributed by atoms with E-state index in [2.05, 4.69) is 0 Å². The molecule has 0 saturated heterocycles. The van der Waals surface area contributed by atoms with Gasteiger partial charge < -0.3 is 16.4 Å². The van der Waals surface area contributed by atoms with E-state index < -0.39 is 0 Å². The molecule has 4 radical (unpaired) electrons. The standard InChI is InChI=1S/2Bi.3O.2Sm.2Zr/q2*+3;3*-2;;;;. The van der Waals surface area contributed by atoms with Gasteiger partial charge in [0.15, 0.2) is 0 Å². The molecule has 0 fully saturated rings. The fraction of sp³-hybridized carbons (Fsp3) is 0. The molecule has 0 aliphatic heterocycles. The van der Waals surface area contributed by atoms with Gasteiger partial charge in [-0.3, -0.25) is 0 Å². The Morgan fingerprint density at radius 2 is 0.444 bits per heavy atom. The molecule has 0 unspecified atom stereocenters. The predicted octanol–water partition coefficient (Wildman–Crippen LogP) is -1.12. The van der Waals surface area contributed by atoms with E-state index in [4.69, 9.17) is 0 Å². The normalized spacial score (nSPS) is 0. The van der Waals surface area contributed by atoms with Gasteiger partial charge in [-0.05, 0) is 0 Å². The molecule has 48 valence electrons. The molecule has 0 saturated carbocycles. The molecule has 9 heteroatoms. The Morgan fingerprint density at radius 1 is 0.444 bits per heavy atom. The summed E-state index contributed by atoms with van der Waals surface area (Å²) in [7, 11) is 0. The number of hydrogen-bond acceptors (Lipinski definition) is 0. The van der Waals surface area contributed by atoms with Crippen molar-refractivity contribution in [1.29, 1.82) is 0 Å². The minimum atomic E-state index is 0. The minimum absolute atomic E-state index is 0. The Labute approximate surface area is 196 Å². The second-order valence-electron chi connectivity index (χ2n) is 0. The maximum absolute atomic E-state index is 0. The molecule has 0 spiro atoms. The van der Waals surface area contributed by atoms with E-state index >= 15 is 0 Å². The summed E-state index contributed by atoms with van der Waals surface area (Å²) in [6.07, 6.45) is 0. The number of hydrogen-bond donors (Lipinski definition) is 0. The van der Waals surface area contributed by atoms with Crippen LogP contribution in [0.1, 0.15) is 0 Å². The van der Waals surface area contributed by atoms with Crippen LogP contribution >= 0.6 is 0 Å². The summed E-state index contributed by atoms with van der Waals surface area (Å²) >= 11 is 0. The second kappa shape index (κ2) is 65.1. The largest absolute Gasteiger partial charge is 3.00 e. The van der Waals surface area contributed by atoms with Gasteiger partial charge in [0, 0.05) is 133 Å². The molecule has 0 atom stereocenters. The summed E-state index contributed by atoms with van der Waals surface area (Å²) in [5.41, 5.74) is 0. The third-order valence-electron chi connectivity index (χ3n) is 0. The molecule has 0 bridgehead atoms. The first-order valence-electron chi connectivity index (χ1n) is 0. The van der Waals surface area contributed by atoms with Crippen LogP contribution in [0.3, 0.4) is 0 Å². The van der Waals surface area contributed by atoms with Gasteiger partial charge in [-0.2, -0.15) is 0 Å². The topological polar surface area (TPSA) is 85.5 Å². The van der Waals surface area contributed by atoms with Crippen LogP contribution in [0.25, 0.3) is 0 Å². The van der Waals surface area contributed by atoms with E-state index in [1.165, 1.54) is 0 Å². The maximum atomic E-state index is 0. The van der Waals surface area contributed by atoms with Crippen molar-refractivity contribution in [3.63, 3.8) is 0 Å². The summed E-state index contributed by atoms with van der Waals surface area (Å²) in [6, 6.07) is 0. The van der Waals surface area contributed by atoms with Crippen molar-refractivity contribution in [2.45, 2.75) is 0 Å². The van der Waals surface area contributed by atoms with Crippen molar-refractivity contribution in [2.24, 2.45) is 0 Å². The molecular weight excluding hydrogens is 949 g/mol. The molecule has 0 aromatic carbocycles. The van der Waals surface area contributed by atoms with Crippen LogP contribution in [0.15, 0.2) is 0 Å². The SMILES string of the molecule is [Bi+3].[Bi+3].[O-2].[O-2].[O-2].[Sm].[Sm].[Zr].[Zr]. The van der Waals surface area contributed by atoms with Gasteiger partial charge in [0.1, 0.15) is 0 Å². The minimum Gasteiger partial charge on any atom is -2.00 e. The quantitative estimate of drug-likeness (QED) is 0.276. The Kier molecular flexibility index (Phi) is 585. The Bertz CT molecular complexity index is 17.8. The molecule has 9 heavy (non-hydrogen) atoms. The van der Waals surface area contributed by atoms with Gasteiger partial charge in [0.05, 0.1) is 0 Å². The van der Waals surface area contributed by atoms with Crippen LogP contribution in [0.4, 0.5) is 0 Å². The third kappa shape index (κ3) is 55.5. The van der Waals surface area contributed by atoms with Crippen LogP contribution < -0.4 is 0 Å². The smallest absolute Gasteiger partial charge is 2.00 e. The Balaban J connectivity index is 0. The van der Waals surface area contributed by atoms with E-state index in [1.807, 2.05) is 0 Å². The molecule has 0 aromatic rings. The zero-order valence-electron chi connectivity index (χ0n) is 3.94. The van der Waals surface area contributed by atoms with Gasteiger partial charge >= 0.3 is 52.4 Å². The maximum Gasteiger partial charge on any atom is 3.00 e. The van der Waals surface area contributed by atoms with E-state index in [9.17, 15) is 0 Å². The third-order valence-corrected chi connectivity index (χ3v) is 0. The molecule has 0 heterocycles. The molecular formula is Bi2O3Sm2Zr2. The zero-order chi connectivity index (χ0) is 0. The first-order valence-corrected chi connectivity index (χ1v) is 0. The molecule has 3 nitrogen and oxygen atoms in total. The Hall–Kier alpha value is 6.09. The van der Waals surface area contributed by atoms with Crippen LogP contribution in [-0.4, -0.2) is 52.4 Å². The van der Waals surface area contributed by atoms with E-state index in [0.29, 0.717) is 0 Å². The van der Waals surface area contributed by atoms with Crippen molar-refractivity contribution < 1.29 is 150 Å². The van der Waals surface area contributed by atoms with Gasteiger partial charge in [-0.25, -0.2) is 0 Å². The molecule has 0 rings (SSSR count). The van der Waals surface area contributed by atoms with Crippen molar-refractivity contribution in [3.05, 3.63) is 0 Å². The van der Waals surface area contributed by atoms with Gasteiger partial charge in [-0.1, -0.05) is 0 Å².